The lowest BCUT2D eigenvalue weighted by molar-refractivity contribution is -0.0231. The van der Waals surface area contributed by atoms with E-state index in [4.69, 9.17) is 14.2 Å². The van der Waals surface area contributed by atoms with Gasteiger partial charge in [-0.05, 0) is 20.8 Å². The van der Waals surface area contributed by atoms with Crippen LogP contribution in [-0.4, -0.2) is 51.2 Å². The highest BCUT2D eigenvalue weighted by molar-refractivity contribution is 4.86. The van der Waals surface area contributed by atoms with E-state index in [-0.39, 0.29) is 11.2 Å². The summed E-state index contributed by atoms with van der Waals surface area (Å²) in [6.45, 7) is 10.1. The van der Waals surface area contributed by atoms with Crippen molar-refractivity contribution in [2.75, 3.05) is 40.0 Å². The molecule has 16 heavy (non-hydrogen) atoms. The summed E-state index contributed by atoms with van der Waals surface area (Å²) in [5.41, 5.74) is -0.182. The van der Waals surface area contributed by atoms with Crippen molar-refractivity contribution in [1.82, 2.24) is 5.32 Å². The van der Waals surface area contributed by atoms with Gasteiger partial charge in [0.1, 0.15) is 5.60 Å². The van der Waals surface area contributed by atoms with Crippen LogP contribution in [-0.2, 0) is 14.2 Å². The van der Waals surface area contributed by atoms with E-state index in [1.165, 1.54) is 0 Å². The van der Waals surface area contributed by atoms with E-state index < -0.39 is 0 Å². The average molecular weight is 231 g/mol. The fourth-order valence-electron chi connectivity index (χ4n) is 1.71. The number of ether oxygens (including phenoxy) is 3. The Labute approximate surface area is 98.6 Å². The van der Waals surface area contributed by atoms with E-state index in [2.05, 4.69) is 26.1 Å². The van der Waals surface area contributed by atoms with Gasteiger partial charge in [-0.25, -0.2) is 0 Å². The topological polar surface area (TPSA) is 39.7 Å². The van der Waals surface area contributed by atoms with Crippen LogP contribution < -0.4 is 5.32 Å². The molecular weight excluding hydrogens is 206 g/mol. The van der Waals surface area contributed by atoms with Crippen LogP contribution in [0, 0.1) is 0 Å². The smallest absolute Gasteiger partial charge is 0.106 e. The molecule has 1 unspecified atom stereocenters. The van der Waals surface area contributed by atoms with E-state index in [1.54, 1.807) is 7.11 Å². The summed E-state index contributed by atoms with van der Waals surface area (Å²) >= 11 is 0. The maximum atomic E-state index is 5.63. The minimum atomic E-state index is -0.123. The van der Waals surface area contributed by atoms with Gasteiger partial charge in [-0.1, -0.05) is 0 Å². The molecule has 0 aliphatic carbocycles. The van der Waals surface area contributed by atoms with E-state index >= 15 is 0 Å². The third-order valence-electron chi connectivity index (χ3n) is 2.76. The van der Waals surface area contributed by atoms with E-state index in [0.29, 0.717) is 6.61 Å². The van der Waals surface area contributed by atoms with Crippen LogP contribution >= 0.6 is 0 Å². The van der Waals surface area contributed by atoms with Crippen molar-refractivity contribution in [3.63, 3.8) is 0 Å². The number of rotatable bonds is 6. The third kappa shape index (κ3) is 4.78. The molecule has 96 valence electrons. The van der Waals surface area contributed by atoms with Gasteiger partial charge in [-0.15, -0.1) is 0 Å². The molecule has 0 aromatic heterocycles. The molecule has 0 saturated carbocycles. The Morgan fingerprint density at radius 1 is 1.38 bits per heavy atom. The SMILES string of the molecule is COC1(CNCCOC(C)(C)C)CCOC1. The zero-order valence-electron chi connectivity index (χ0n) is 11.0. The van der Waals surface area contributed by atoms with E-state index in [1.807, 2.05) is 0 Å². The standard InChI is InChI=1S/C12H25NO3/c1-11(2,3)16-8-6-13-9-12(14-4)5-7-15-10-12/h13H,5-10H2,1-4H3. The Bertz CT molecular complexity index is 195. The first-order chi connectivity index (χ1) is 7.47. The largest absolute Gasteiger partial charge is 0.378 e. The summed E-state index contributed by atoms with van der Waals surface area (Å²) in [5, 5.41) is 3.36. The van der Waals surface area contributed by atoms with Gasteiger partial charge in [0.2, 0.25) is 0 Å². The van der Waals surface area contributed by atoms with Gasteiger partial charge in [0.15, 0.2) is 0 Å². The Kier molecular flexibility index (Phi) is 5.18. The van der Waals surface area contributed by atoms with Crippen molar-refractivity contribution < 1.29 is 14.2 Å². The first-order valence-corrected chi connectivity index (χ1v) is 5.95. The number of hydrogen-bond donors (Lipinski definition) is 1. The third-order valence-corrected chi connectivity index (χ3v) is 2.76. The second-order valence-corrected chi connectivity index (χ2v) is 5.33. The monoisotopic (exact) mass is 231 g/mol. The molecular formula is C12H25NO3. The fourth-order valence-corrected chi connectivity index (χ4v) is 1.71. The molecule has 1 rings (SSSR count). The van der Waals surface area contributed by atoms with Gasteiger partial charge in [-0.2, -0.15) is 0 Å². The van der Waals surface area contributed by atoms with Crippen molar-refractivity contribution in [3.8, 4) is 0 Å². The van der Waals surface area contributed by atoms with Crippen LogP contribution in [0.15, 0.2) is 0 Å². The molecule has 1 heterocycles. The first kappa shape index (κ1) is 13.9. The lowest BCUT2D eigenvalue weighted by atomic mass is 10.0. The Hall–Kier alpha value is -0.160. The molecule has 1 aliphatic heterocycles. The molecule has 4 heteroatoms. The summed E-state index contributed by atoms with van der Waals surface area (Å²) in [5.74, 6) is 0. The van der Waals surface area contributed by atoms with Crippen molar-refractivity contribution in [1.29, 1.82) is 0 Å². The molecule has 0 radical (unpaired) electrons. The number of methoxy groups -OCH3 is 1. The summed E-state index contributed by atoms with van der Waals surface area (Å²) in [6, 6.07) is 0. The molecule has 4 nitrogen and oxygen atoms in total. The minimum absolute atomic E-state index is 0.0584. The van der Waals surface area contributed by atoms with Gasteiger partial charge in [-0.3, -0.25) is 0 Å². The summed E-state index contributed by atoms with van der Waals surface area (Å²) in [7, 11) is 1.75. The molecule has 1 atom stereocenters. The van der Waals surface area contributed by atoms with Crippen molar-refractivity contribution in [3.05, 3.63) is 0 Å². The van der Waals surface area contributed by atoms with Gasteiger partial charge in [0.05, 0.1) is 18.8 Å². The summed E-state index contributed by atoms with van der Waals surface area (Å²) < 4.78 is 16.5. The van der Waals surface area contributed by atoms with Crippen LogP contribution in [0.3, 0.4) is 0 Å². The van der Waals surface area contributed by atoms with Crippen molar-refractivity contribution in [2.45, 2.75) is 38.4 Å². The lowest BCUT2D eigenvalue weighted by Gasteiger charge is -2.26. The predicted molar refractivity (Wildman–Crippen MR) is 63.8 cm³/mol. The number of hydrogen-bond acceptors (Lipinski definition) is 4. The van der Waals surface area contributed by atoms with Crippen LogP contribution in [0.25, 0.3) is 0 Å². The molecule has 1 aliphatic rings. The molecule has 0 aromatic carbocycles. The predicted octanol–water partition coefficient (Wildman–Crippen LogP) is 1.20. The first-order valence-electron chi connectivity index (χ1n) is 5.95. The maximum Gasteiger partial charge on any atom is 0.106 e. The van der Waals surface area contributed by atoms with Crippen molar-refractivity contribution in [2.24, 2.45) is 0 Å². The Morgan fingerprint density at radius 3 is 2.62 bits per heavy atom. The normalized spacial score (nSPS) is 26.2. The molecule has 1 N–H and O–H groups in total. The molecule has 0 bridgehead atoms. The van der Waals surface area contributed by atoms with Crippen LogP contribution in [0.1, 0.15) is 27.2 Å². The molecule has 0 spiro atoms. The highest BCUT2D eigenvalue weighted by Crippen LogP contribution is 2.21. The highest BCUT2D eigenvalue weighted by atomic mass is 16.5. The fraction of sp³-hybridized carbons (Fsp3) is 1.00. The van der Waals surface area contributed by atoms with Crippen LogP contribution in [0.2, 0.25) is 0 Å². The van der Waals surface area contributed by atoms with Gasteiger partial charge >= 0.3 is 0 Å². The molecule has 0 aromatic rings. The second kappa shape index (κ2) is 5.96. The van der Waals surface area contributed by atoms with Gasteiger partial charge < -0.3 is 19.5 Å². The Balaban J connectivity index is 2.10. The summed E-state index contributed by atoms with van der Waals surface area (Å²) in [4.78, 5) is 0. The highest BCUT2D eigenvalue weighted by Gasteiger charge is 2.34. The summed E-state index contributed by atoms with van der Waals surface area (Å²) in [6.07, 6.45) is 0.969. The van der Waals surface area contributed by atoms with Crippen molar-refractivity contribution >= 4 is 0 Å². The van der Waals surface area contributed by atoms with Crippen LogP contribution in [0.5, 0.6) is 0 Å². The molecule has 0 amide bonds. The Morgan fingerprint density at radius 2 is 2.12 bits per heavy atom. The molecule has 1 saturated heterocycles. The van der Waals surface area contributed by atoms with Gasteiger partial charge in [0.25, 0.3) is 0 Å². The lowest BCUT2D eigenvalue weighted by Crippen LogP contribution is -2.44. The van der Waals surface area contributed by atoms with E-state index in [0.717, 1.165) is 32.7 Å². The average Bonchev–Trinajstić information content (AvgIpc) is 2.65. The molecule has 1 fully saturated rings. The van der Waals surface area contributed by atoms with Gasteiger partial charge in [0, 0.05) is 33.2 Å². The zero-order chi connectivity index (χ0) is 12.1. The quantitative estimate of drug-likeness (QED) is 0.697. The van der Waals surface area contributed by atoms with E-state index in [9.17, 15) is 0 Å². The van der Waals surface area contributed by atoms with Crippen LogP contribution in [0.4, 0.5) is 0 Å². The minimum Gasteiger partial charge on any atom is -0.378 e. The zero-order valence-corrected chi connectivity index (χ0v) is 11.0. The second-order valence-electron chi connectivity index (χ2n) is 5.33. The maximum absolute atomic E-state index is 5.63. The number of nitrogens with one attached hydrogen (secondary N) is 1.